The van der Waals surface area contributed by atoms with Gasteiger partial charge in [-0.2, -0.15) is 5.10 Å². The molecule has 0 saturated heterocycles. The van der Waals surface area contributed by atoms with Crippen LogP contribution in [-0.2, 0) is 4.79 Å². The summed E-state index contributed by atoms with van der Waals surface area (Å²) >= 11 is 0. The molecule has 3 aromatic rings. The van der Waals surface area contributed by atoms with Crippen molar-refractivity contribution in [3.63, 3.8) is 0 Å². The van der Waals surface area contributed by atoms with Crippen molar-refractivity contribution < 1.29 is 14.5 Å². The minimum Gasteiger partial charge on any atom is -0.298 e. The molecule has 0 unspecified atom stereocenters. The third kappa shape index (κ3) is 2.96. The van der Waals surface area contributed by atoms with Crippen LogP contribution in [0.2, 0.25) is 0 Å². The van der Waals surface area contributed by atoms with Crippen LogP contribution in [0.15, 0.2) is 65.8 Å². The lowest BCUT2D eigenvalue weighted by Crippen LogP contribution is -2.37. The summed E-state index contributed by atoms with van der Waals surface area (Å²) in [5.41, 5.74) is 3.71. The van der Waals surface area contributed by atoms with E-state index >= 15 is 0 Å². The van der Waals surface area contributed by atoms with Gasteiger partial charge < -0.3 is 0 Å². The number of amides is 2. The van der Waals surface area contributed by atoms with Crippen LogP contribution in [0, 0.1) is 10.1 Å². The van der Waals surface area contributed by atoms with Crippen LogP contribution in [-0.4, -0.2) is 29.5 Å². The fourth-order valence-corrected chi connectivity index (χ4v) is 3.25. The summed E-state index contributed by atoms with van der Waals surface area (Å²) in [7, 11) is 0. The molecule has 0 fully saturated rings. The Balaban J connectivity index is 1.49. The van der Waals surface area contributed by atoms with Gasteiger partial charge in [-0.3, -0.25) is 24.6 Å². The van der Waals surface area contributed by atoms with Gasteiger partial charge >= 0.3 is 0 Å². The number of para-hydroxylation sites is 1. The van der Waals surface area contributed by atoms with Crippen LogP contribution in [0.5, 0.6) is 0 Å². The molecule has 0 bridgehead atoms. The molecule has 1 heterocycles. The molecule has 28 heavy (non-hydrogen) atoms. The Hall–Kier alpha value is -4.07. The molecule has 1 N–H and O–H groups in total. The van der Waals surface area contributed by atoms with Gasteiger partial charge in [0.05, 0.1) is 22.4 Å². The average Bonchev–Trinajstić information content (AvgIpc) is 2.96. The van der Waals surface area contributed by atoms with E-state index in [1.165, 1.54) is 23.2 Å². The maximum atomic E-state index is 12.7. The molecule has 138 valence electrons. The summed E-state index contributed by atoms with van der Waals surface area (Å²) in [5, 5.41) is 16.5. The Kier molecular flexibility index (Phi) is 4.29. The Morgan fingerprint density at radius 3 is 2.64 bits per heavy atom. The maximum Gasteiger partial charge on any atom is 0.278 e. The summed E-state index contributed by atoms with van der Waals surface area (Å²) in [6.45, 7) is -0.207. The molecule has 0 aliphatic carbocycles. The number of rotatable bonds is 5. The molecule has 1 aliphatic rings. The van der Waals surface area contributed by atoms with E-state index in [1.807, 2.05) is 18.2 Å². The first-order valence-corrected chi connectivity index (χ1v) is 8.45. The Morgan fingerprint density at radius 1 is 1.11 bits per heavy atom. The second-order valence-electron chi connectivity index (χ2n) is 6.18. The molecular weight excluding hydrogens is 360 g/mol. The van der Waals surface area contributed by atoms with Gasteiger partial charge in [0.1, 0.15) is 6.54 Å². The van der Waals surface area contributed by atoms with E-state index < -0.39 is 10.8 Å². The molecule has 0 radical (unpaired) electrons. The van der Waals surface area contributed by atoms with E-state index in [9.17, 15) is 19.7 Å². The molecule has 2 amide bonds. The van der Waals surface area contributed by atoms with E-state index in [4.69, 9.17) is 0 Å². The monoisotopic (exact) mass is 374 g/mol. The van der Waals surface area contributed by atoms with E-state index in [0.717, 1.165) is 10.8 Å². The Bertz CT molecular complexity index is 1150. The molecule has 0 atom stereocenters. The SMILES string of the molecule is O=C(CN1C(=O)c2cccc3cccc1c23)N/N=C\c1ccccc1[N+](=O)[O-]. The highest BCUT2D eigenvalue weighted by molar-refractivity contribution is 6.26. The first kappa shape index (κ1) is 17.3. The molecule has 0 saturated carbocycles. The van der Waals surface area contributed by atoms with Crippen LogP contribution < -0.4 is 10.3 Å². The van der Waals surface area contributed by atoms with Gasteiger partial charge in [-0.25, -0.2) is 5.43 Å². The van der Waals surface area contributed by atoms with Crippen molar-refractivity contribution in [1.29, 1.82) is 0 Å². The van der Waals surface area contributed by atoms with Crippen LogP contribution in [0.3, 0.4) is 0 Å². The lowest BCUT2D eigenvalue weighted by Gasteiger charge is -2.16. The van der Waals surface area contributed by atoms with Gasteiger partial charge in [-0.1, -0.05) is 36.4 Å². The smallest absolute Gasteiger partial charge is 0.278 e. The number of hydrogen-bond acceptors (Lipinski definition) is 5. The summed E-state index contributed by atoms with van der Waals surface area (Å²) < 4.78 is 0. The predicted octanol–water partition coefficient (Wildman–Crippen LogP) is 2.86. The number of hydrogen-bond donors (Lipinski definition) is 1. The van der Waals surface area contributed by atoms with Crippen LogP contribution in [0.1, 0.15) is 15.9 Å². The lowest BCUT2D eigenvalue weighted by atomic mass is 10.1. The van der Waals surface area contributed by atoms with Crippen molar-refractivity contribution in [2.75, 3.05) is 11.4 Å². The average molecular weight is 374 g/mol. The van der Waals surface area contributed by atoms with Crippen molar-refractivity contribution in [1.82, 2.24) is 5.43 Å². The van der Waals surface area contributed by atoms with E-state index in [1.54, 1.807) is 30.3 Å². The topological polar surface area (TPSA) is 105 Å². The number of hydrazone groups is 1. The second kappa shape index (κ2) is 6.92. The molecule has 3 aromatic carbocycles. The molecule has 8 heteroatoms. The zero-order chi connectivity index (χ0) is 19.7. The van der Waals surface area contributed by atoms with Crippen molar-refractivity contribution in [3.05, 3.63) is 81.9 Å². The van der Waals surface area contributed by atoms with Crippen molar-refractivity contribution >= 4 is 40.2 Å². The van der Waals surface area contributed by atoms with Crippen LogP contribution >= 0.6 is 0 Å². The highest BCUT2D eigenvalue weighted by atomic mass is 16.6. The number of nitrogens with one attached hydrogen (secondary N) is 1. The quantitative estimate of drug-likeness (QED) is 0.421. The van der Waals surface area contributed by atoms with Crippen molar-refractivity contribution in [2.24, 2.45) is 5.10 Å². The molecule has 4 rings (SSSR count). The van der Waals surface area contributed by atoms with Crippen LogP contribution in [0.25, 0.3) is 10.8 Å². The third-order valence-electron chi connectivity index (χ3n) is 4.48. The largest absolute Gasteiger partial charge is 0.298 e. The highest BCUT2D eigenvalue weighted by Gasteiger charge is 2.30. The number of nitro groups is 1. The molecule has 0 aromatic heterocycles. The second-order valence-corrected chi connectivity index (χ2v) is 6.18. The standard InChI is InChI=1S/C20H14N4O4/c25-18(22-21-11-14-5-1-2-9-16(14)24(27)28)12-23-17-10-4-7-13-6-3-8-15(19(13)17)20(23)26/h1-11H,12H2,(H,22,25)/b21-11-. The van der Waals surface area contributed by atoms with Gasteiger partial charge in [-0.05, 0) is 23.6 Å². The first-order chi connectivity index (χ1) is 13.6. The van der Waals surface area contributed by atoms with E-state index in [0.29, 0.717) is 11.3 Å². The van der Waals surface area contributed by atoms with Gasteiger partial charge in [0.25, 0.3) is 17.5 Å². The van der Waals surface area contributed by atoms with Crippen molar-refractivity contribution in [3.8, 4) is 0 Å². The number of nitrogens with zero attached hydrogens (tertiary/aromatic N) is 3. The summed E-state index contributed by atoms with van der Waals surface area (Å²) in [4.78, 5) is 36.8. The van der Waals surface area contributed by atoms with Crippen molar-refractivity contribution in [2.45, 2.75) is 0 Å². The number of carbonyl (C=O) groups excluding carboxylic acids is 2. The number of nitro benzene ring substituents is 1. The Labute approximate surface area is 159 Å². The zero-order valence-electron chi connectivity index (χ0n) is 14.5. The van der Waals surface area contributed by atoms with E-state index in [-0.39, 0.29) is 23.7 Å². The third-order valence-corrected chi connectivity index (χ3v) is 4.48. The minimum absolute atomic E-state index is 0.114. The van der Waals surface area contributed by atoms with Gasteiger partial charge in [0.2, 0.25) is 0 Å². The fraction of sp³-hybridized carbons (Fsp3) is 0.0500. The Morgan fingerprint density at radius 2 is 1.86 bits per heavy atom. The molecule has 8 nitrogen and oxygen atoms in total. The maximum absolute atomic E-state index is 12.7. The van der Waals surface area contributed by atoms with Gasteiger partial charge in [-0.15, -0.1) is 0 Å². The first-order valence-electron chi connectivity index (χ1n) is 8.45. The highest BCUT2D eigenvalue weighted by Crippen LogP contribution is 2.36. The molecule has 0 spiro atoms. The minimum atomic E-state index is -0.524. The summed E-state index contributed by atoms with van der Waals surface area (Å²) in [6, 6.07) is 17.0. The van der Waals surface area contributed by atoms with Crippen LogP contribution in [0.4, 0.5) is 11.4 Å². The fourth-order valence-electron chi connectivity index (χ4n) is 3.25. The van der Waals surface area contributed by atoms with Gasteiger partial charge in [0.15, 0.2) is 0 Å². The summed E-state index contributed by atoms with van der Waals surface area (Å²) in [5.74, 6) is -0.752. The normalized spacial score (nSPS) is 12.7. The number of carbonyl (C=O) groups is 2. The number of benzene rings is 3. The number of anilines is 1. The van der Waals surface area contributed by atoms with E-state index in [2.05, 4.69) is 10.5 Å². The lowest BCUT2D eigenvalue weighted by molar-refractivity contribution is -0.385. The molecular formula is C20H14N4O4. The predicted molar refractivity (Wildman–Crippen MR) is 104 cm³/mol. The summed E-state index contributed by atoms with van der Waals surface area (Å²) in [6.07, 6.45) is 1.21. The van der Waals surface area contributed by atoms with Gasteiger partial charge in [0, 0.05) is 17.0 Å². The molecule has 1 aliphatic heterocycles. The zero-order valence-corrected chi connectivity index (χ0v) is 14.5.